The van der Waals surface area contributed by atoms with Crippen LogP contribution in [0.5, 0.6) is 11.6 Å². The fourth-order valence-corrected chi connectivity index (χ4v) is 1.94. The molecule has 0 aliphatic carbocycles. The van der Waals surface area contributed by atoms with Crippen LogP contribution in [-0.2, 0) is 6.54 Å². The number of nitrogens with one attached hydrogen (secondary N) is 2. The SMILES string of the molecule is CN=C(NCc1cccnc1Oc1cccc(F)c1)NC(C)C. The van der Waals surface area contributed by atoms with Crippen molar-refractivity contribution in [2.75, 3.05) is 7.05 Å². The zero-order chi connectivity index (χ0) is 16.7. The lowest BCUT2D eigenvalue weighted by molar-refractivity contribution is 0.450. The number of nitrogens with zero attached hydrogens (tertiary/aromatic N) is 2. The van der Waals surface area contributed by atoms with Crippen molar-refractivity contribution < 1.29 is 9.13 Å². The minimum Gasteiger partial charge on any atom is -0.439 e. The lowest BCUT2D eigenvalue weighted by atomic mass is 10.2. The number of ether oxygens (including phenoxy) is 1. The Balaban J connectivity index is 2.08. The van der Waals surface area contributed by atoms with Crippen molar-refractivity contribution >= 4 is 5.96 Å². The van der Waals surface area contributed by atoms with Crippen molar-refractivity contribution in [2.45, 2.75) is 26.4 Å². The van der Waals surface area contributed by atoms with Gasteiger partial charge in [0.2, 0.25) is 5.88 Å². The maximum absolute atomic E-state index is 13.3. The van der Waals surface area contributed by atoms with E-state index in [0.717, 1.165) is 5.56 Å². The van der Waals surface area contributed by atoms with Crippen molar-refractivity contribution in [3.8, 4) is 11.6 Å². The number of aliphatic imine (C=N–C) groups is 1. The molecule has 0 saturated heterocycles. The summed E-state index contributed by atoms with van der Waals surface area (Å²) in [6.45, 7) is 4.57. The molecule has 122 valence electrons. The average molecular weight is 316 g/mol. The second kappa shape index (κ2) is 8.12. The van der Waals surface area contributed by atoms with Gasteiger partial charge in [-0.2, -0.15) is 0 Å². The number of pyridine rings is 1. The summed E-state index contributed by atoms with van der Waals surface area (Å²) in [6.07, 6.45) is 1.64. The zero-order valence-electron chi connectivity index (χ0n) is 13.5. The molecular weight excluding hydrogens is 295 g/mol. The van der Waals surface area contributed by atoms with Gasteiger partial charge in [0.25, 0.3) is 0 Å². The summed E-state index contributed by atoms with van der Waals surface area (Å²) in [7, 11) is 1.71. The van der Waals surface area contributed by atoms with Gasteiger partial charge < -0.3 is 15.4 Å². The topological polar surface area (TPSA) is 58.5 Å². The molecule has 0 aliphatic rings. The summed E-state index contributed by atoms with van der Waals surface area (Å²) in [4.78, 5) is 8.38. The standard InChI is InChI=1S/C17H21FN4O/c1-12(2)22-17(19-3)21-11-13-6-5-9-20-16(13)23-15-8-4-7-14(18)10-15/h4-10,12H,11H2,1-3H3,(H2,19,21,22). The molecule has 0 fully saturated rings. The molecule has 2 rings (SSSR count). The van der Waals surface area contributed by atoms with Crippen LogP contribution in [0.3, 0.4) is 0 Å². The van der Waals surface area contributed by atoms with E-state index in [1.165, 1.54) is 12.1 Å². The first kappa shape index (κ1) is 16.7. The molecule has 1 aromatic heterocycles. The lowest BCUT2D eigenvalue weighted by Crippen LogP contribution is -2.40. The molecule has 0 bridgehead atoms. The van der Waals surface area contributed by atoms with E-state index >= 15 is 0 Å². The molecule has 2 N–H and O–H groups in total. The Morgan fingerprint density at radius 3 is 2.83 bits per heavy atom. The molecule has 2 aromatic rings. The lowest BCUT2D eigenvalue weighted by Gasteiger charge is -2.15. The molecule has 1 aromatic carbocycles. The van der Waals surface area contributed by atoms with Gasteiger partial charge in [-0.1, -0.05) is 12.1 Å². The van der Waals surface area contributed by atoms with Crippen LogP contribution >= 0.6 is 0 Å². The maximum Gasteiger partial charge on any atom is 0.224 e. The van der Waals surface area contributed by atoms with Crippen LogP contribution in [0.15, 0.2) is 47.6 Å². The van der Waals surface area contributed by atoms with E-state index in [9.17, 15) is 4.39 Å². The molecule has 0 unspecified atom stereocenters. The van der Waals surface area contributed by atoms with E-state index in [1.807, 2.05) is 26.0 Å². The summed E-state index contributed by atoms with van der Waals surface area (Å²) < 4.78 is 18.9. The Bertz CT molecular complexity index is 673. The highest BCUT2D eigenvalue weighted by molar-refractivity contribution is 5.79. The summed E-state index contributed by atoms with van der Waals surface area (Å²) in [5, 5.41) is 6.40. The van der Waals surface area contributed by atoms with Crippen LogP contribution in [0, 0.1) is 5.82 Å². The highest BCUT2D eigenvalue weighted by Crippen LogP contribution is 2.23. The third-order valence-corrected chi connectivity index (χ3v) is 2.96. The van der Waals surface area contributed by atoms with Gasteiger partial charge in [0.1, 0.15) is 11.6 Å². The van der Waals surface area contributed by atoms with E-state index in [-0.39, 0.29) is 11.9 Å². The Labute approximate surface area is 135 Å². The largest absolute Gasteiger partial charge is 0.439 e. The van der Waals surface area contributed by atoms with Crippen molar-refractivity contribution in [3.63, 3.8) is 0 Å². The molecule has 23 heavy (non-hydrogen) atoms. The van der Waals surface area contributed by atoms with Crippen LogP contribution in [0.4, 0.5) is 4.39 Å². The zero-order valence-corrected chi connectivity index (χ0v) is 13.5. The Morgan fingerprint density at radius 1 is 1.30 bits per heavy atom. The monoisotopic (exact) mass is 316 g/mol. The molecule has 0 aliphatic heterocycles. The highest BCUT2D eigenvalue weighted by Gasteiger charge is 2.08. The predicted molar refractivity (Wildman–Crippen MR) is 89.2 cm³/mol. The van der Waals surface area contributed by atoms with Crippen molar-refractivity contribution in [2.24, 2.45) is 4.99 Å². The fraction of sp³-hybridized carbons (Fsp3) is 0.294. The highest BCUT2D eigenvalue weighted by atomic mass is 19.1. The van der Waals surface area contributed by atoms with E-state index < -0.39 is 0 Å². The molecule has 0 spiro atoms. The van der Waals surface area contributed by atoms with Crippen LogP contribution in [0.1, 0.15) is 19.4 Å². The van der Waals surface area contributed by atoms with Crippen molar-refractivity contribution in [3.05, 3.63) is 54.0 Å². The van der Waals surface area contributed by atoms with Gasteiger partial charge in [0.15, 0.2) is 5.96 Å². The van der Waals surface area contributed by atoms with Crippen LogP contribution in [0.25, 0.3) is 0 Å². The minimum atomic E-state index is -0.348. The Morgan fingerprint density at radius 2 is 2.13 bits per heavy atom. The van der Waals surface area contributed by atoms with Crippen molar-refractivity contribution in [1.82, 2.24) is 15.6 Å². The number of benzene rings is 1. The number of rotatable bonds is 5. The number of aromatic nitrogens is 1. The average Bonchev–Trinajstić information content (AvgIpc) is 2.52. The molecule has 1 heterocycles. The summed E-state index contributed by atoms with van der Waals surface area (Å²) in [5.74, 6) is 1.19. The minimum absolute atomic E-state index is 0.276. The second-order valence-electron chi connectivity index (χ2n) is 5.25. The third-order valence-electron chi connectivity index (χ3n) is 2.96. The number of hydrogen-bond donors (Lipinski definition) is 2. The first-order chi connectivity index (χ1) is 11.1. The van der Waals surface area contributed by atoms with Crippen LogP contribution in [-0.4, -0.2) is 24.0 Å². The Kier molecular flexibility index (Phi) is 5.91. The van der Waals surface area contributed by atoms with Crippen molar-refractivity contribution in [1.29, 1.82) is 0 Å². The quantitative estimate of drug-likeness (QED) is 0.657. The van der Waals surface area contributed by atoms with E-state index in [2.05, 4.69) is 20.6 Å². The molecule has 0 atom stereocenters. The van der Waals surface area contributed by atoms with Gasteiger partial charge in [0.05, 0.1) is 0 Å². The molecule has 5 nitrogen and oxygen atoms in total. The van der Waals surface area contributed by atoms with E-state index in [0.29, 0.717) is 24.1 Å². The Hall–Kier alpha value is -2.63. The second-order valence-corrected chi connectivity index (χ2v) is 5.25. The van der Waals surface area contributed by atoms with Crippen LogP contribution < -0.4 is 15.4 Å². The normalized spacial score (nSPS) is 11.4. The summed E-state index contributed by atoms with van der Waals surface area (Å²) in [6, 6.07) is 9.98. The maximum atomic E-state index is 13.3. The number of halogens is 1. The summed E-state index contributed by atoms with van der Waals surface area (Å²) in [5.41, 5.74) is 0.850. The van der Waals surface area contributed by atoms with Gasteiger partial charge in [-0.15, -0.1) is 0 Å². The number of hydrogen-bond acceptors (Lipinski definition) is 3. The molecule has 0 saturated carbocycles. The first-order valence-electron chi connectivity index (χ1n) is 7.43. The van der Waals surface area contributed by atoms with E-state index in [4.69, 9.17) is 4.74 Å². The fourth-order valence-electron chi connectivity index (χ4n) is 1.94. The van der Waals surface area contributed by atoms with Gasteiger partial charge >= 0.3 is 0 Å². The van der Waals surface area contributed by atoms with Crippen LogP contribution in [0.2, 0.25) is 0 Å². The molecule has 0 amide bonds. The molecular formula is C17H21FN4O. The van der Waals surface area contributed by atoms with Gasteiger partial charge in [-0.3, -0.25) is 4.99 Å². The molecule has 0 radical (unpaired) electrons. The third kappa shape index (κ3) is 5.25. The van der Waals surface area contributed by atoms with E-state index in [1.54, 1.807) is 25.4 Å². The van der Waals surface area contributed by atoms with Gasteiger partial charge in [-0.05, 0) is 32.0 Å². The number of guanidine groups is 1. The van der Waals surface area contributed by atoms with Gasteiger partial charge in [-0.25, -0.2) is 9.37 Å². The first-order valence-corrected chi connectivity index (χ1v) is 7.43. The smallest absolute Gasteiger partial charge is 0.224 e. The predicted octanol–water partition coefficient (Wildman–Crippen LogP) is 3.09. The summed E-state index contributed by atoms with van der Waals surface area (Å²) >= 11 is 0. The van der Waals surface area contributed by atoms with Gasteiger partial charge in [0, 0.05) is 37.5 Å². The molecule has 6 heteroatoms.